The molecule has 0 saturated carbocycles. The average Bonchev–Trinajstić information content (AvgIpc) is 2.37. The fourth-order valence-corrected chi connectivity index (χ4v) is 1.73. The molecule has 0 unspecified atom stereocenters. The van der Waals surface area contributed by atoms with Gasteiger partial charge in [-0.25, -0.2) is 0 Å². The van der Waals surface area contributed by atoms with Crippen LogP contribution in [0.2, 0.25) is 0 Å². The summed E-state index contributed by atoms with van der Waals surface area (Å²) < 4.78 is 5.71. The van der Waals surface area contributed by atoms with E-state index in [1.807, 2.05) is 45.2 Å². The van der Waals surface area contributed by atoms with Gasteiger partial charge in [-0.05, 0) is 39.9 Å². The van der Waals surface area contributed by atoms with Crippen LogP contribution in [-0.4, -0.2) is 25.6 Å². The number of halogens is 1. The second-order valence-corrected chi connectivity index (χ2v) is 4.76. The average molecular weight is 301 g/mol. The van der Waals surface area contributed by atoms with E-state index in [9.17, 15) is 4.79 Å². The summed E-state index contributed by atoms with van der Waals surface area (Å²) in [6, 6.07) is 7.81. The van der Waals surface area contributed by atoms with Crippen LogP contribution in [0, 0.1) is 0 Å². The SMILES string of the molecule is CNCCCC(=O)NCc1ccccc1OC(C)C.Cl. The minimum atomic E-state index is 0. The second-order valence-electron chi connectivity index (χ2n) is 4.76. The molecule has 1 rings (SSSR count). The van der Waals surface area contributed by atoms with Crippen molar-refractivity contribution in [3.63, 3.8) is 0 Å². The van der Waals surface area contributed by atoms with E-state index in [-0.39, 0.29) is 24.4 Å². The first-order valence-electron chi connectivity index (χ1n) is 6.79. The third-order valence-electron chi connectivity index (χ3n) is 2.64. The molecule has 0 heterocycles. The molecule has 114 valence electrons. The van der Waals surface area contributed by atoms with Gasteiger partial charge in [0.05, 0.1) is 6.10 Å². The Morgan fingerprint density at radius 3 is 2.65 bits per heavy atom. The monoisotopic (exact) mass is 300 g/mol. The van der Waals surface area contributed by atoms with Crippen LogP contribution < -0.4 is 15.4 Å². The van der Waals surface area contributed by atoms with E-state index in [2.05, 4.69) is 10.6 Å². The Bertz CT molecular complexity index is 397. The summed E-state index contributed by atoms with van der Waals surface area (Å²) in [5, 5.41) is 5.95. The highest BCUT2D eigenvalue weighted by Gasteiger charge is 2.06. The smallest absolute Gasteiger partial charge is 0.220 e. The van der Waals surface area contributed by atoms with Crippen molar-refractivity contribution in [1.82, 2.24) is 10.6 Å². The van der Waals surface area contributed by atoms with E-state index in [0.29, 0.717) is 13.0 Å². The quantitative estimate of drug-likeness (QED) is 0.725. The molecular weight excluding hydrogens is 276 g/mol. The van der Waals surface area contributed by atoms with E-state index < -0.39 is 0 Å². The number of carbonyl (C=O) groups excluding carboxylic acids is 1. The summed E-state index contributed by atoms with van der Waals surface area (Å²) >= 11 is 0. The summed E-state index contributed by atoms with van der Waals surface area (Å²) in [7, 11) is 1.89. The highest BCUT2D eigenvalue weighted by molar-refractivity contribution is 5.85. The number of amides is 1. The van der Waals surface area contributed by atoms with Crippen molar-refractivity contribution in [1.29, 1.82) is 0 Å². The Kier molecular flexibility index (Phi) is 9.86. The minimum absolute atomic E-state index is 0. The predicted octanol–water partition coefficient (Wildman–Crippen LogP) is 2.51. The lowest BCUT2D eigenvalue weighted by Crippen LogP contribution is -2.24. The third kappa shape index (κ3) is 7.36. The fourth-order valence-electron chi connectivity index (χ4n) is 1.73. The van der Waals surface area contributed by atoms with Gasteiger partial charge in [0.1, 0.15) is 5.75 Å². The minimum Gasteiger partial charge on any atom is -0.491 e. The van der Waals surface area contributed by atoms with Crippen molar-refractivity contribution < 1.29 is 9.53 Å². The number of para-hydroxylation sites is 1. The summed E-state index contributed by atoms with van der Waals surface area (Å²) in [6.45, 7) is 5.36. The van der Waals surface area contributed by atoms with Crippen LogP contribution in [0.3, 0.4) is 0 Å². The van der Waals surface area contributed by atoms with Gasteiger partial charge in [0.25, 0.3) is 0 Å². The van der Waals surface area contributed by atoms with Crippen LogP contribution in [0.25, 0.3) is 0 Å². The summed E-state index contributed by atoms with van der Waals surface area (Å²) in [6.07, 6.45) is 1.54. The highest BCUT2D eigenvalue weighted by atomic mass is 35.5. The lowest BCUT2D eigenvalue weighted by molar-refractivity contribution is -0.121. The number of nitrogens with one attached hydrogen (secondary N) is 2. The zero-order valence-electron chi connectivity index (χ0n) is 12.4. The molecule has 0 radical (unpaired) electrons. The lowest BCUT2D eigenvalue weighted by Gasteiger charge is -2.14. The van der Waals surface area contributed by atoms with Crippen LogP contribution >= 0.6 is 12.4 Å². The molecule has 0 spiro atoms. The molecule has 0 aliphatic heterocycles. The number of benzene rings is 1. The van der Waals surface area contributed by atoms with Gasteiger partial charge in [0.15, 0.2) is 0 Å². The van der Waals surface area contributed by atoms with Gasteiger partial charge in [-0.3, -0.25) is 4.79 Å². The van der Waals surface area contributed by atoms with E-state index in [4.69, 9.17) is 4.74 Å². The van der Waals surface area contributed by atoms with Crippen molar-refractivity contribution in [3.05, 3.63) is 29.8 Å². The molecule has 0 aromatic heterocycles. The molecule has 4 nitrogen and oxygen atoms in total. The van der Waals surface area contributed by atoms with Crippen LogP contribution in [0.15, 0.2) is 24.3 Å². The number of hydrogen-bond donors (Lipinski definition) is 2. The van der Waals surface area contributed by atoms with Crippen molar-refractivity contribution >= 4 is 18.3 Å². The van der Waals surface area contributed by atoms with E-state index in [0.717, 1.165) is 24.3 Å². The van der Waals surface area contributed by atoms with E-state index >= 15 is 0 Å². The zero-order chi connectivity index (χ0) is 14.1. The van der Waals surface area contributed by atoms with Crippen molar-refractivity contribution in [2.45, 2.75) is 39.3 Å². The molecule has 1 aromatic carbocycles. The van der Waals surface area contributed by atoms with Crippen molar-refractivity contribution in [3.8, 4) is 5.75 Å². The lowest BCUT2D eigenvalue weighted by atomic mass is 10.2. The van der Waals surface area contributed by atoms with Crippen molar-refractivity contribution in [2.75, 3.05) is 13.6 Å². The normalized spacial score (nSPS) is 10.0. The summed E-state index contributed by atoms with van der Waals surface area (Å²) in [5.41, 5.74) is 1.01. The molecule has 20 heavy (non-hydrogen) atoms. The maximum Gasteiger partial charge on any atom is 0.220 e. The Labute approximate surface area is 127 Å². The first kappa shape index (κ1) is 18.7. The molecule has 1 amide bonds. The number of hydrogen-bond acceptors (Lipinski definition) is 3. The second kappa shape index (κ2) is 10.5. The Morgan fingerprint density at radius 2 is 2.00 bits per heavy atom. The first-order chi connectivity index (χ1) is 9.13. The molecule has 0 aliphatic rings. The molecule has 0 atom stereocenters. The first-order valence-corrected chi connectivity index (χ1v) is 6.79. The number of carbonyl (C=O) groups is 1. The predicted molar refractivity (Wildman–Crippen MR) is 84.5 cm³/mol. The van der Waals surface area contributed by atoms with Gasteiger partial charge in [0, 0.05) is 18.5 Å². The van der Waals surface area contributed by atoms with Crippen LogP contribution in [0.4, 0.5) is 0 Å². The van der Waals surface area contributed by atoms with Gasteiger partial charge in [-0.1, -0.05) is 18.2 Å². The fraction of sp³-hybridized carbons (Fsp3) is 0.533. The maximum absolute atomic E-state index is 11.6. The third-order valence-corrected chi connectivity index (χ3v) is 2.64. The Morgan fingerprint density at radius 1 is 1.30 bits per heavy atom. The molecule has 2 N–H and O–H groups in total. The van der Waals surface area contributed by atoms with E-state index in [1.54, 1.807) is 0 Å². The van der Waals surface area contributed by atoms with Gasteiger partial charge in [0.2, 0.25) is 5.91 Å². The van der Waals surface area contributed by atoms with Crippen LogP contribution in [0.5, 0.6) is 5.75 Å². The van der Waals surface area contributed by atoms with Gasteiger partial charge < -0.3 is 15.4 Å². The van der Waals surface area contributed by atoms with E-state index in [1.165, 1.54) is 0 Å². The molecule has 0 aliphatic carbocycles. The molecule has 0 fully saturated rings. The standard InChI is InChI=1S/C15H24N2O2.ClH/c1-12(2)19-14-8-5-4-7-13(14)11-17-15(18)9-6-10-16-3;/h4-5,7-8,12,16H,6,9-11H2,1-3H3,(H,17,18);1H. The van der Waals surface area contributed by atoms with Gasteiger partial charge >= 0.3 is 0 Å². The van der Waals surface area contributed by atoms with Gasteiger partial charge in [-0.2, -0.15) is 0 Å². The molecule has 0 saturated heterocycles. The Balaban J connectivity index is 0.00000361. The topological polar surface area (TPSA) is 50.4 Å². The maximum atomic E-state index is 11.6. The summed E-state index contributed by atoms with van der Waals surface area (Å²) in [4.78, 5) is 11.6. The molecule has 5 heteroatoms. The number of ether oxygens (including phenoxy) is 1. The molecular formula is C15H25ClN2O2. The highest BCUT2D eigenvalue weighted by Crippen LogP contribution is 2.19. The largest absolute Gasteiger partial charge is 0.491 e. The number of rotatable bonds is 8. The zero-order valence-corrected chi connectivity index (χ0v) is 13.3. The molecule has 0 bridgehead atoms. The Hall–Kier alpha value is -1.26. The van der Waals surface area contributed by atoms with Gasteiger partial charge in [-0.15, -0.1) is 12.4 Å². The van der Waals surface area contributed by atoms with Crippen LogP contribution in [-0.2, 0) is 11.3 Å². The van der Waals surface area contributed by atoms with Crippen LogP contribution in [0.1, 0.15) is 32.3 Å². The van der Waals surface area contributed by atoms with Crippen molar-refractivity contribution in [2.24, 2.45) is 0 Å². The summed E-state index contributed by atoms with van der Waals surface area (Å²) in [5.74, 6) is 0.919. The molecule has 1 aromatic rings.